The number of furan rings is 1. The Morgan fingerprint density at radius 3 is 2.48 bits per heavy atom. The van der Waals surface area contributed by atoms with Crippen LogP contribution in [-0.4, -0.2) is 36.0 Å². The van der Waals surface area contributed by atoms with Gasteiger partial charge in [-0.3, -0.25) is 9.69 Å². The zero-order valence-electron chi connectivity index (χ0n) is 14.1. The average Bonchev–Trinajstić information content (AvgIpc) is 3.04. The van der Waals surface area contributed by atoms with Gasteiger partial charge < -0.3 is 9.32 Å². The van der Waals surface area contributed by atoms with E-state index in [0.717, 1.165) is 22.6 Å². The molecule has 0 unspecified atom stereocenters. The van der Waals surface area contributed by atoms with E-state index in [9.17, 15) is 4.79 Å². The first-order chi connectivity index (χ1) is 12.1. The molecule has 3 heterocycles. The Labute approximate surface area is 145 Å². The number of amides is 1. The summed E-state index contributed by atoms with van der Waals surface area (Å²) < 4.78 is 5.47. The number of aromatic nitrogens is 2. The van der Waals surface area contributed by atoms with Crippen LogP contribution in [0.3, 0.4) is 0 Å². The van der Waals surface area contributed by atoms with Gasteiger partial charge in [0.15, 0.2) is 11.6 Å². The molecule has 0 saturated heterocycles. The maximum absolute atomic E-state index is 12.7. The SMILES string of the molecule is Cc1ccc(/C=C/C(=O)N2CCN(C)c3nc4ccccc4nc32)o1. The highest BCUT2D eigenvalue weighted by Crippen LogP contribution is 2.30. The summed E-state index contributed by atoms with van der Waals surface area (Å²) in [6.45, 7) is 3.15. The number of carbonyl (C=O) groups excluding carboxylic acids is 1. The smallest absolute Gasteiger partial charge is 0.252 e. The molecule has 0 aliphatic carbocycles. The molecule has 0 bridgehead atoms. The molecule has 0 radical (unpaired) electrons. The number of rotatable bonds is 2. The molecule has 0 N–H and O–H groups in total. The lowest BCUT2D eigenvalue weighted by Crippen LogP contribution is -2.43. The second kappa shape index (κ2) is 6.05. The van der Waals surface area contributed by atoms with Crippen molar-refractivity contribution in [2.75, 3.05) is 29.9 Å². The van der Waals surface area contributed by atoms with Crippen LogP contribution in [0.2, 0.25) is 0 Å². The molecule has 6 heteroatoms. The van der Waals surface area contributed by atoms with Gasteiger partial charge in [-0.15, -0.1) is 0 Å². The predicted octanol–water partition coefficient (Wildman–Crippen LogP) is 3.03. The number of anilines is 2. The summed E-state index contributed by atoms with van der Waals surface area (Å²) in [5.41, 5.74) is 1.60. The molecule has 1 aromatic carbocycles. The number of hydrogen-bond donors (Lipinski definition) is 0. The van der Waals surface area contributed by atoms with E-state index in [2.05, 4.69) is 9.97 Å². The van der Waals surface area contributed by atoms with Crippen molar-refractivity contribution in [3.8, 4) is 0 Å². The van der Waals surface area contributed by atoms with Gasteiger partial charge >= 0.3 is 0 Å². The van der Waals surface area contributed by atoms with Crippen LogP contribution < -0.4 is 9.80 Å². The Kier molecular flexibility index (Phi) is 3.72. The van der Waals surface area contributed by atoms with Crippen molar-refractivity contribution in [1.82, 2.24) is 9.97 Å². The highest BCUT2D eigenvalue weighted by atomic mass is 16.3. The lowest BCUT2D eigenvalue weighted by Gasteiger charge is -2.33. The van der Waals surface area contributed by atoms with Gasteiger partial charge in [0.05, 0.1) is 11.0 Å². The number of nitrogens with zero attached hydrogens (tertiary/aromatic N) is 4. The molecule has 4 rings (SSSR count). The number of hydrogen-bond acceptors (Lipinski definition) is 5. The van der Waals surface area contributed by atoms with Gasteiger partial charge in [0.1, 0.15) is 11.5 Å². The summed E-state index contributed by atoms with van der Waals surface area (Å²) in [6, 6.07) is 11.4. The Balaban J connectivity index is 1.69. The van der Waals surface area contributed by atoms with Crippen molar-refractivity contribution < 1.29 is 9.21 Å². The van der Waals surface area contributed by atoms with Gasteiger partial charge in [0, 0.05) is 26.2 Å². The molecule has 25 heavy (non-hydrogen) atoms. The number of likely N-dealkylation sites (N-methyl/N-ethyl adjacent to an activating group) is 1. The molecule has 0 saturated carbocycles. The van der Waals surface area contributed by atoms with Crippen LogP contribution >= 0.6 is 0 Å². The summed E-state index contributed by atoms with van der Waals surface area (Å²) in [5, 5.41) is 0. The minimum atomic E-state index is -0.131. The van der Waals surface area contributed by atoms with Crippen LogP contribution in [0.5, 0.6) is 0 Å². The fraction of sp³-hybridized carbons (Fsp3) is 0.211. The fourth-order valence-electron chi connectivity index (χ4n) is 2.88. The Morgan fingerprint density at radius 2 is 1.80 bits per heavy atom. The Hall–Kier alpha value is -3.15. The van der Waals surface area contributed by atoms with Crippen molar-refractivity contribution in [1.29, 1.82) is 0 Å². The first-order valence-electron chi connectivity index (χ1n) is 8.16. The first-order valence-corrected chi connectivity index (χ1v) is 8.16. The lowest BCUT2D eigenvalue weighted by atomic mass is 10.2. The minimum Gasteiger partial charge on any atom is -0.462 e. The number of aryl methyl sites for hydroxylation is 1. The predicted molar refractivity (Wildman–Crippen MR) is 97.6 cm³/mol. The summed E-state index contributed by atoms with van der Waals surface area (Å²) in [4.78, 5) is 25.7. The highest BCUT2D eigenvalue weighted by molar-refractivity contribution is 6.05. The van der Waals surface area contributed by atoms with E-state index < -0.39 is 0 Å². The van der Waals surface area contributed by atoms with Gasteiger partial charge in [-0.1, -0.05) is 12.1 Å². The molecule has 6 nitrogen and oxygen atoms in total. The normalized spacial score (nSPS) is 14.3. The maximum Gasteiger partial charge on any atom is 0.252 e. The number of benzene rings is 1. The molecule has 0 spiro atoms. The standard InChI is InChI=1S/C19H18N4O2/c1-13-7-8-14(25-13)9-10-17(24)23-12-11-22(2)18-19(23)21-16-6-4-3-5-15(16)20-18/h3-10H,11-12H2,1-2H3/b10-9+. The Morgan fingerprint density at radius 1 is 1.08 bits per heavy atom. The van der Waals surface area contributed by atoms with Crippen LogP contribution in [0, 0.1) is 6.92 Å². The van der Waals surface area contributed by atoms with Crippen LogP contribution in [0.15, 0.2) is 46.9 Å². The molecular formula is C19H18N4O2. The maximum atomic E-state index is 12.7. The number of para-hydroxylation sites is 2. The second-order valence-electron chi connectivity index (χ2n) is 6.05. The zero-order valence-corrected chi connectivity index (χ0v) is 14.1. The molecule has 2 aromatic heterocycles. The van der Waals surface area contributed by atoms with E-state index in [4.69, 9.17) is 4.42 Å². The molecule has 0 atom stereocenters. The molecule has 1 amide bonds. The lowest BCUT2D eigenvalue weighted by molar-refractivity contribution is -0.114. The minimum absolute atomic E-state index is 0.131. The van der Waals surface area contributed by atoms with Gasteiger partial charge in [0.2, 0.25) is 0 Å². The van der Waals surface area contributed by atoms with Crippen molar-refractivity contribution in [2.24, 2.45) is 0 Å². The molecule has 1 aliphatic rings. The van der Waals surface area contributed by atoms with E-state index in [1.54, 1.807) is 11.0 Å². The molecule has 0 fully saturated rings. The van der Waals surface area contributed by atoms with Crippen molar-refractivity contribution in [3.63, 3.8) is 0 Å². The van der Waals surface area contributed by atoms with Gasteiger partial charge in [-0.05, 0) is 37.3 Å². The van der Waals surface area contributed by atoms with E-state index >= 15 is 0 Å². The molecule has 126 valence electrons. The average molecular weight is 334 g/mol. The van der Waals surface area contributed by atoms with E-state index in [-0.39, 0.29) is 5.91 Å². The third kappa shape index (κ3) is 2.87. The number of fused-ring (bicyclic) bond motifs is 2. The summed E-state index contributed by atoms with van der Waals surface area (Å²) >= 11 is 0. The zero-order chi connectivity index (χ0) is 17.4. The van der Waals surface area contributed by atoms with Crippen molar-refractivity contribution in [2.45, 2.75) is 6.92 Å². The van der Waals surface area contributed by atoms with Crippen molar-refractivity contribution >= 4 is 34.7 Å². The van der Waals surface area contributed by atoms with Crippen molar-refractivity contribution in [3.05, 3.63) is 54.0 Å². The largest absolute Gasteiger partial charge is 0.462 e. The summed E-state index contributed by atoms with van der Waals surface area (Å²) in [6.07, 6.45) is 3.20. The third-order valence-corrected chi connectivity index (χ3v) is 4.23. The van der Waals surface area contributed by atoms with E-state index in [0.29, 0.717) is 24.7 Å². The van der Waals surface area contributed by atoms with E-state index in [1.165, 1.54) is 6.08 Å². The summed E-state index contributed by atoms with van der Waals surface area (Å²) in [7, 11) is 1.96. The van der Waals surface area contributed by atoms with Crippen LogP contribution in [-0.2, 0) is 4.79 Å². The van der Waals surface area contributed by atoms with Crippen LogP contribution in [0.4, 0.5) is 11.6 Å². The quantitative estimate of drug-likeness (QED) is 0.674. The Bertz CT molecular complexity index is 976. The van der Waals surface area contributed by atoms with E-state index in [1.807, 2.05) is 55.3 Å². The monoisotopic (exact) mass is 334 g/mol. The van der Waals surface area contributed by atoms with Crippen LogP contribution in [0.25, 0.3) is 17.1 Å². The summed E-state index contributed by atoms with van der Waals surface area (Å²) in [5.74, 6) is 2.66. The van der Waals surface area contributed by atoms with Crippen LogP contribution in [0.1, 0.15) is 11.5 Å². The van der Waals surface area contributed by atoms with Gasteiger partial charge in [-0.25, -0.2) is 9.97 Å². The second-order valence-corrected chi connectivity index (χ2v) is 6.05. The third-order valence-electron chi connectivity index (χ3n) is 4.23. The number of carbonyl (C=O) groups is 1. The molecular weight excluding hydrogens is 316 g/mol. The highest BCUT2D eigenvalue weighted by Gasteiger charge is 2.27. The molecule has 3 aromatic rings. The van der Waals surface area contributed by atoms with Gasteiger partial charge in [-0.2, -0.15) is 0 Å². The van der Waals surface area contributed by atoms with Gasteiger partial charge in [0.25, 0.3) is 5.91 Å². The fourth-order valence-corrected chi connectivity index (χ4v) is 2.88. The topological polar surface area (TPSA) is 62.5 Å². The molecule has 1 aliphatic heterocycles. The first kappa shape index (κ1) is 15.4.